The molecule has 0 heterocycles. The van der Waals surface area contributed by atoms with Crippen molar-refractivity contribution in [3.8, 4) is 18.1 Å². The molecule has 1 nitrogen and oxygen atoms in total. The predicted molar refractivity (Wildman–Crippen MR) is 103 cm³/mol. The summed E-state index contributed by atoms with van der Waals surface area (Å²) in [5.74, 6) is 4.63. The molecular weight excluding hydrogens is 280 g/mol. The van der Waals surface area contributed by atoms with Crippen LogP contribution >= 0.6 is 0 Å². The van der Waals surface area contributed by atoms with Crippen LogP contribution in [0.2, 0.25) is 0 Å². The van der Waals surface area contributed by atoms with Crippen LogP contribution < -0.4 is 4.74 Å². The van der Waals surface area contributed by atoms with Crippen molar-refractivity contribution in [2.24, 2.45) is 11.3 Å². The highest BCUT2D eigenvalue weighted by atomic mass is 16.5. The molecule has 1 aromatic carbocycles. The first-order valence-electron chi connectivity index (χ1n) is 8.50. The third kappa shape index (κ3) is 7.42. The van der Waals surface area contributed by atoms with Gasteiger partial charge >= 0.3 is 0 Å². The quantitative estimate of drug-likeness (QED) is 0.448. The normalized spacial score (nSPS) is 14.5. The third-order valence-electron chi connectivity index (χ3n) is 3.93. The summed E-state index contributed by atoms with van der Waals surface area (Å²) in [7, 11) is 0. The van der Waals surface area contributed by atoms with E-state index in [0.717, 1.165) is 5.75 Å². The molecule has 0 radical (unpaired) electrons. The number of benzene rings is 1. The second-order valence-electron chi connectivity index (χ2n) is 7.13. The molecule has 3 atom stereocenters. The first-order valence-corrected chi connectivity index (χ1v) is 8.50. The van der Waals surface area contributed by atoms with E-state index in [-0.39, 0.29) is 11.5 Å². The van der Waals surface area contributed by atoms with E-state index in [4.69, 9.17) is 11.2 Å². The Labute approximate surface area is 144 Å². The predicted octanol–water partition coefficient (Wildman–Crippen LogP) is 6.46. The molecule has 0 aliphatic rings. The van der Waals surface area contributed by atoms with Gasteiger partial charge in [0.05, 0.1) is 0 Å². The highest BCUT2D eigenvalue weighted by molar-refractivity contribution is 5.31. The maximum Gasteiger partial charge on any atom is 0.156 e. The Bertz CT molecular complexity index is 484. The zero-order valence-corrected chi connectivity index (χ0v) is 16.0. The van der Waals surface area contributed by atoms with Crippen molar-refractivity contribution in [1.29, 1.82) is 0 Å². The minimum Gasteiger partial charge on any atom is -0.478 e. The maximum absolute atomic E-state index is 5.63. The van der Waals surface area contributed by atoms with Crippen LogP contribution in [0.1, 0.15) is 66.4 Å². The minimum absolute atomic E-state index is 0.186. The standard InChI is InChI=1S/C19H28O.C3H6/c1-8-14(3)18(19(5,6)7)16-10-12-17(13-11-16)20-15(4)9-2;1-3-2/h2,10-15,18H,8H2,1,3-7H3;3H,1H2,2H3. The maximum atomic E-state index is 5.63. The zero-order chi connectivity index (χ0) is 18.0. The second kappa shape index (κ2) is 10.2. The molecule has 0 amide bonds. The smallest absolute Gasteiger partial charge is 0.156 e. The lowest BCUT2D eigenvalue weighted by Gasteiger charge is -2.36. The Kier molecular flexibility index (Phi) is 9.42. The van der Waals surface area contributed by atoms with E-state index in [2.05, 4.69) is 59.3 Å². The van der Waals surface area contributed by atoms with Gasteiger partial charge in [0, 0.05) is 0 Å². The first-order chi connectivity index (χ1) is 10.7. The summed E-state index contributed by atoms with van der Waals surface area (Å²) in [6.45, 7) is 18.7. The molecule has 0 bridgehead atoms. The van der Waals surface area contributed by atoms with E-state index in [1.807, 2.05) is 26.0 Å². The SMILES string of the molecule is C#CC(C)Oc1ccc(C(C(C)CC)C(C)(C)C)cc1.C=CC. The molecule has 0 saturated heterocycles. The fourth-order valence-corrected chi connectivity index (χ4v) is 2.91. The molecule has 0 aliphatic heterocycles. The monoisotopic (exact) mass is 314 g/mol. The van der Waals surface area contributed by atoms with Crippen LogP contribution in [0.25, 0.3) is 0 Å². The molecule has 128 valence electrons. The highest BCUT2D eigenvalue weighted by Gasteiger charge is 2.30. The second-order valence-corrected chi connectivity index (χ2v) is 7.13. The van der Waals surface area contributed by atoms with E-state index in [1.165, 1.54) is 12.0 Å². The fraction of sp³-hybridized carbons (Fsp3) is 0.545. The average molecular weight is 315 g/mol. The van der Waals surface area contributed by atoms with Crippen LogP contribution in [-0.4, -0.2) is 6.10 Å². The number of hydrogen-bond acceptors (Lipinski definition) is 1. The molecule has 0 aromatic heterocycles. The Morgan fingerprint density at radius 1 is 1.22 bits per heavy atom. The number of hydrogen-bond donors (Lipinski definition) is 0. The van der Waals surface area contributed by atoms with Crippen molar-refractivity contribution in [3.63, 3.8) is 0 Å². The Morgan fingerprint density at radius 2 is 1.70 bits per heavy atom. The molecule has 3 unspecified atom stereocenters. The molecule has 1 rings (SSSR count). The molecule has 0 spiro atoms. The van der Waals surface area contributed by atoms with Gasteiger partial charge in [0.1, 0.15) is 5.75 Å². The number of terminal acetylenes is 1. The van der Waals surface area contributed by atoms with Crippen LogP contribution in [0.5, 0.6) is 5.75 Å². The molecule has 0 fully saturated rings. The van der Waals surface area contributed by atoms with Crippen molar-refractivity contribution < 1.29 is 4.74 Å². The van der Waals surface area contributed by atoms with E-state index < -0.39 is 0 Å². The van der Waals surface area contributed by atoms with Gasteiger partial charge in [-0.1, -0.05) is 65.2 Å². The fourth-order valence-electron chi connectivity index (χ4n) is 2.91. The minimum atomic E-state index is -0.186. The van der Waals surface area contributed by atoms with Gasteiger partial charge in [0.25, 0.3) is 0 Å². The zero-order valence-electron chi connectivity index (χ0n) is 16.0. The van der Waals surface area contributed by atoms with Crippen molar-refractivity contribution >= 4 is 0 Å². The number of allylic oxidation sites excluding steroid dienone is 1. The molecule has 0 N–H and O–H groups in total. The summed E-state index contributed by atoms with van der Waals surface area (Å²) in [6.07, 6.45) is 8.09. The molecule has 1 heteroatoms. The van der Waals surface area contributed by atoms with Crippen LogP contribution in [0.4, 0.5) is 0 Å². The molecule has 23 heavy (non-hydrogen) atoms. The molecule has 0 aliphatic carbocycles. The van der Waals surface area contributed by atoms with Gasteiger partial charge in [0.15, 0.2) is 6.10 Å². The van der Waals surface area contributed by atoms with E-state index in [1.54, 1.807) is 6.08 Å². The highest BCUT2D eigenvalue weighted by Crippen LogP contribution is 2.42. The van der Waals surface area contributed by atoms with Gasteiger partial charge in [-0.05, 0) is 48.8 Å². The summed E-state index contributed by atoms with van der Waals surface area (Å²) in [5.41, 5.74) is 1.64. The Hall–Kier alpha value is -1.68. The van der Waals surface area contributed by atoms with Gasteiger partial charge in [-0.15, -0.1) is 13.0 Å². The lowest BCUT2D eigenvalue weighted by Crippen LogP contribution is -2.24. The van der Waals surface area contributed by atoms with E-state index in [9.17, 15) is 0 Å². The van der Waals surface area contributed by atoms with Gasteiger partial charge in [-0.2, -0.15) is 0 Å². The summed E-state index contributed by atoms with van der Waals surface area (Å²) in [6, 6.07) is 8.43. The topological polar surface area (TPSA) is 9.23 Å². The van der Waals surface area contributed by atoms with Gasteiger partial charge < -0.3 is 4.74 Å². The van der Waals surface area contributed by atoms with E-state index in [0.29, 0.717) is 11.8 Å². The lowest BCUT2D eigenvalue weighted by atomic mass is 9.69. The average Bonchev–Trinajstić information content (AvgIpc) is 2.48. The molecule has 0 saturated carbocycles. The molecule has 1 aromatic rings. The summed E-state index contributed by atoms with van der Waals surface area (Å²) in [5, 5.41) is 0. The van der Waals surface area contributed by atoms with Crippen molar-refractivity contribution in [2.45, 2.75) is 66.9 Å². The van der Waals surface area contributed by atoms with Crippen LogP contribution in [0.15, 0.2) is 36.9 Å². The summed E-state index contributed by atoms with van der Waals surface area (Å²) < 4.78 is 5.63. The van der Waals surface area contributed by atoms with Crippen LogP contribution in [0, 0.1) is 23.7 Å². The van der Waals surface area contributed by atoms with Gasteiger partial charge in [-0.3, -0.25) is 0 Å². The lowest BCUT2D eigenvalue weighted by molar-refractivity contribution is 0.241. The number of ether oxygens (including phenoxy) is 1. The van der Waals surface area contributed by atoms with Crippen LogP contribution in [0.3, 0.4) is 0 Å². The Balaban J connectivity index is 0.00000149. The first kappa shape index (κ1) is 21.3. The largest absolute Gasteiger partial charge is 0.478 e. The van der Waals surface area contributed by atoms with Crippen molar-refractivity contribution in [2.75, 3.05) is 0 Å². The van der Waals surface area contributed by atoms with Gasteiger partial charge in [0.2, 0.25) is 0 Å². The molecular formula is C22H34O. The third-order valence-corrected chi connectivity index (χ3v) is 3.93. The summed E-state index contributed by atoms with van der Waals surface area (Å²) in [4.78, 5) is 0. The van der Waals surface area contributed by atoms with Crippen molar-refractivity contribution in [1.82, 2.24) is 0 Å². The van der Waals surface area contributed by atoms with Crippen LogP contribution in [-0.2, 0) is 0 Å². The van der Waals surface area contributed by atoms with Gasteiger partial charge in [-0.25, -0.2) is 0 Å². The Morgan fingerprint density at radius 3 is 2.04 bits per heavy atom. The summed E-state index contributed by atoms with van der Waals surface area (Å²) >= 11 is 0. The van der Waals surface area contributed by atoms with Crippen molar-refractivity contribution in [3.05, 3.63) is 42.5 Å². The number of rotatable bonds is 5. The van der Waals surface area contributed by atoms with E-state index >= 15 is 0 Å².